The normalized spacial score (nSPS) is 13.9. The van der Waals surface area contributed by atoms with Gasteiger partial charge in [-0.25, -0.2) is 9.41 Å². The Morgan fingerprint density at radius 2 is 1.78 bits per heavy atom. The third kappa shape index (κ3) is 2.61. The van der Waals surface area contributed by atoms with Crippen LogP contribution in [-0.2, 0) is 7.05 Å². The van der Waals surface area contributed by atoms with Gasteiger partial charge in [0, 0.05) is 24.2 Å². The minimum absolute atomic E-state index is 0.0427. The lowest BCUT2D eigenvalue weighted by Crippen LogP contribution is -2.31. The molecule has 0 bridgehead atoms. The van der Waals surface area contributed by atoms with Crippen molar-refractivity contribution in [1.82, 2.24) is 0 Å². The van der Waals surface area contributed by atoms with Crippen LogP contribution in [0.5, 0.6) is 0 Å². The van der Waals surface area contributed by atoms with Crippen molar-refractivity contribution >= 4 is 27.6 Å². The molecule has 4 rings (SSSR count). The molecule has 2 aromatic heterocycles. The first kappa shape index (κ1) is 13.1. The Morgan fingerprint density at radius 3 is 2.44 bits per heavy atom. The molecular weight excluding hydrogens is 332 g/mol. The second-order valence-corrected chi connectivity index (χ2v) is 7.10. The van der Waals surface area contributed by atoms with Gasteiger partial charge in [0.2, 0.25) is 11.4 Å². The van der Waals surface area contributed by atoms with E-state index in [0.29, 0.717) is 28.1 Å². The van der Waals surface area contributed by atoms with E-state index in [2.05, 4.69) is 4.85 Å². The summed E-state index contributed by atoms with van der Waals surface area (Å²) in [6, 6.07) is 7.65. The molecule has 3 nitrogen and oxygen atoms in total. The van der Waals surface area contributed by atoms with Gasteiger partial charge in [-0.05, 0) is 36.4 Å². The van der Waals surface area contributed by atoms with Gasteiger partial charge in [0.25, 0.3) is 0 Å². The van der Waals surface area contributed by atoms with Crippen molar-refractivity contribution in [3.63, 3.8) is 0 Å². The molecule has 3 heteroatoms. The summed E-state index contributed by atoms with van der Waals surface area (Å²) < 4.78 is 42.0. The third-order valence-corrected chi connectivity index (χ3v) is 4.97. The van der Waals surface area contributed by atoms with Gasteiger partial charge in [0.15, 0.2) is 6.17 Å². The van der Waals surface area contributed by atoms with Gasteiger partial charge in [0.1, 0.15) is 19.6 Å². The van der Waals surface area contributed by atoms with E-state index in [-0.39, 0.29) is 23.8 Å². The molecule has 0 aliphatic rings. The monoisotopic (exact) mass is 359 g/mol. The van der Waals surface area contributed by atoms with E-state index < -0.39 is 5.89 Å². The largest absolute Gasteiger partial charge is 0.466 e. The molecule has 0 spiro atoms. The van der Waals surface area contributed by atoms with Gasteiger partial charge in [-0.1, -0.05) is 38.1 Å². The average Bonchev–Trinajstić information content (AvgIpc) is 3.05. The number of benzene rings is 2. The van der Waals surface area contributed by atoms with Crippen LogP contribution >= 0.6 is 0 Å². The Kier molecular flexibility index (Phi) is 3.03. The van der Waals surface area contributed by atoms with Gasteiger partial charge in [0.05, 0.1) is 14.9 Å². The van der Waals surface area contributed by atoms with Crippen LogP contribution in [0.1, 0.15) is 41.9 Å². The number of hydrogen-bond acceptors (Lipinski definition) is 1. The fourth-order valence-corrected chi connectivity index (χ4v) is 3.43. The number of rotatable bonds is 2. The summed E-state index contributed by atoms with van der Waals surface area (Å²) in [6.07, 6.45) is -0.0634. The minimum Gasteiger partial charge on any atom is -0.466 e. The zero-order valence-corrected chi connectivity index (χ0v) is 16.1. The molecule has 0 aliphatic carbocycles. The van der Waals surface area contributed by atoms with E-state index in [9.17, 15) is 0 Å². The molecule has 134 valence electrons. The number of hydrogen-bond donors (Lipinski definition) is 0. The molecule has 27 heavy (non-hydrogen) atoms. The maximum absolute atomic E-state index is 8.90. The first-order chi connectivity index (χ1) is 14.5. The summed E-state index contributed by atoms with van der Waals surface area (Å²) in [4.78, 5) is 3.66. The van der Waals surface area contributed by atoms with E-state index in [1.54, 1.807) is 20.9 Å². The number of furan rings is 1. The number of fused-ring (bicyclic) bond motifs is 3. The highest BCUT2D eigenvalue weighted by molar-refractivity contribution is 6.13. The van der Waals surface area contributed by atoms with Crippen LogP contribution in [0.3, 0.4) is 0 Å². The molecule has 0 N–H and O–H groups in total. The lowest BCUT2D eigenvalue weighted by molar-refractivity contribution is -0.660. The predicted octanol–water partition coefficient (Wildman–Crippen LogP) is 6.37. The highest BCUT2D eigenvalue weighted by Gasteiger charge is 2.22. The second-order valence-electron chi connectivity index (χ2n) is 7.10. The van der Waals surface area contributed by atoms with Crippen molar-refractivity contribution < 1.29 is 14.5 Å². The fraction of sp³-hybridized carbons (Fsp3) is 0.250. The van der Waals surface area contributed by atoms with Crippen molar-refractivity contribution in [3.05, 3.63) is 70.6 Å². The van der Waals surface area contributed by atoms with E-state index >= 15 is 0 Å². The van der Waals surface area contributed by atoms with Gasteiger partial charge < -0.3 is 4.42 Å². The summed E-state index contributed by atoms with van der Waals surface area (Å²) in [6.45, 7) is 14.6. The Bertz CT molecular complexity index is 1440. The Morgan fingerprint density at radius 1 is 1.11 bits per heavy atom. The highest BCUT2D eigenvalue weighted by atomic mass is 16.3. The standard InChI is InChI=1S/C24H23N2O/c1-14(2)17-11-12-26(6)20(13-17)21-15(3)7-9-18-19-10-8-16(4)22(25-5)24(19)27-23(18)21/h7-14H,1-4,6H3/q+1/i11D,12D,13D,14D. The third-order valence-electron chi connectivity index (χ3n) is 4.97. The molecule has 0 saturated carbocycles. The van der Waals surface area contributed by atoms with Crippen LogP contribution < -0.4 is 4.57 Å². The van der Waals surface area contributed by atoms with Crippen molar-refractivity contribution in [2.45, 2.75) is 33.6 Å². The molecule has 0 amide bonds. The Labute approximate surface area is 165 Å². The summed E-state index contributed by atoms with van der Waals surface area (Å²) in [5.41, 5.74) is 4.47. The summed E-state index contributed by atoms with van der Waals surface area (Å²) in [5.74, 6) is -1.21. The summed E-state index contributed by atoms with van der Waals surface area (Å²) >= 11 is 0. The maximum Gasteiger partial charge on any atom is 0.232 e. The smallest absolute Gasteiger partial charge is 0.232 e. The molecule has 0 aliphatic heterocycles. The van der Waals surface area contributed by atoms with Gasteiger partial charge >= 0.3 is 0 Å². The molecular formula is C24H23N2O+. The fourth-order valence-electron chi connectivity index (χ4n) is 3.43. The average molecular weight is 359 g/mol. The van der Waals surface area contributed by atoms with Crippen LogP contribution in [0, 0.1) is 20.4 Å². The van der Waals surface area contributed by atoms with Crippen LogP contribution in [-0.4, -0.2) is 0 Å². The van der Waals surface area contributed by atoms with Crippen LogP contribution in [0.15, 0.2) is 46.9 Å². The molecule has 0 saturated heterocycles. The van der Waals surface area contributed by atoms with E-state index in [1.807, 2.05) is 38.1 Å². The SMILES string of the molecule is [2H]c1c(C([2H])(C)C)c([2H])c(-c2c(C)ccc3c2oc2c([N+]#[C-])c(C)ccc23)[n+](C)c1[2H]. The molecule has 0 atom stereocenters. The Balaban J connectivity index is 2.23. The predicted molar refractivity (Wildman–Crippen MR) is 110 cm³/mol. The highest BCUT2D eigenvalue weighted by Crippen LogP contribution is 2.41. The first-order valence-corrected chi connectivity index (χ1v) is 8.82. The van der Waals surface area contributed by atoms with Gasteiger partial charge in [-0.3, -0.25) is 0 Å². The molecule has 4 aromatic rings. The zero-order chi connectivity index (χ0) is 22.8. The van der Waals surface area contributed by atoms with Crippen LogP contribution in [0.2, 0.25) is 0 Å². The topological polar surface area (TPSA) is 21.4 Å². The minimum atomic E-state index is -1.21. The van der Waals surface area contributed by atoms with Crippen molar-refractivity contribution in [3.8, 4) is 11.3 Å². The first-order valence-electron chi connectivity index (χ1n) is 10.8. The zero-order valence-electron chi connectivity index (χ0n) is 20.1. The van der Waals surface area contributed by atoms with E-state index in [1.165, 1.54) is 4.57 Å². The van der Waals surface area contributed by atoms with Crippen molar-refractivity contribution in [1.29, 1.82) is 0 Å². The second kappa shape index (κ2) is 6.25. The quantitative estimate of drug-likeness (QED) is 0.301. The van der Waals surface area contributed by atoms with Gasteiger partial charge in [-0.15, -0.1) is 0 Å². The van der Waals surface area contributed by atoms with E-state index in [4.69, 9.17) is 16.5 Å². The lowest BCUT2D eigenvalue weighted by Gasteiger charge is -2.09. The lowest BCUT2D eigenvalue weighted by atomic mass is 9.97. The molecule has 2 heterocycles. The molecule has 2 aromatic carbocycles. The summed E-state index contributed by atoms with van der Waals surface area (Å²) in [5, 5.41) is 1.65. The number of aromatic nitrogens is 1. The summed E-state index contributed by atoms with van der Waals surface area (Å²) in [7, 11) is 1.66. The molecule has 0 fully saturated rings. The van der Waals surface area contributed by atoms with Crippen molar-refractivity contribution in [2.75, 3.05) is 0 Å². The van der Waals surface area contributed by atoms with Crippen LogP contribution in [0.25, 0.3) is 38.0 Å². The van der Waals surface area contributed by atoms with Crippen LogP contribution in [0.4, 0.5) is 5.69 Å². The van der Waals surface area contributed by atoms with Gasteiger partial charge in [-0.2, -0.15) is 0 Å². The van der Waals surface area contributed by atoms with Crippen molar-refractivity contribution in [2.24, 2.45) is 7.05 Å². The number of aryl methyl sites for hydroxylation is 2. The molecule has 0 unspecified atom stereocenters. The van der Waals surface area contributed by atoms with E-state index in [0.717, 1.165) is 21.9 Å². The maximum atomic E-state index is 8.90. The number of nitrogens with zero attached hydrogens (tertiary/aromatic N) is 2. The number of pyridine rings is 1. The molecule has 0 radical (unpaired) electrons. The Hall–Kier alpha value is -3.12.